The molecule has 1 saturated heterocycles. The molecule has 1 aliphatic heterocycles. The second kappa shape index (κ2) is 12.3. The Morgan fingerprint density at radius 1 is 1.04 bits per heavy atom. The molecule has 12 nitrogen and oxygen atoms in total. The SMILES string of the molecule is CCc1cc(Nc2nc(Nc3ccc4nccnc4c3N(C)S(C)(=O)=O)c3sccc3n2)c(OC)cc1N1CCC(N(C)C)C1. The molecule has 4 heterocycles. The van der Waals surface area contributed by atoms with Crippen molar-refractivity contribution in [1.82, 2.24) is 24.8 Å². The maximum absolute atomic E-state index is 12.7. The summed E-state index contributed by atoms with van der Waals surface area (Å²) in [5.74, 6) is 1.61. The number of nitrogens with zero attached hydrogens (tertiary/aromatic N) is 7. The number of sulfonamides is 1. The summed E-state index contributed by atoms with van der Waals surface area (Å²) in [5.41, 5.74) is 5.83. The van der Waals surface area contributed by atoms with Crippen LogP contribution in [0.2, 0.25) is 0 Å². The van der Waals surface area contributed by atoms with E-state index in [4.69, 9.17) is 14.7 Å². The van der Waals surface area contributed by atoms with Crippen LogP contribution in [0.4, 0.5) is 34.5 Å². The number of likely N-dealkylation sites (N-methyl/N-ethyl adjacent to an activating group) is 1. The van der Waals surface area contributed by atoms with Gasteiger partial charge in [-0.15, -0.1) is 11.3 Å². The minimum absolute atomic E-state index is 0.379. The van der Waals surface area contributed by atoms with Crippen molar-refractivity contribution in [3.8, 4) is 5.75 Å². The van der Waals surface area contributed by atoms with E-state index in [9.17, 15) is 8.42 Å². The Hall–Kier alpha value is -4.27. The standard InChI is InChI=1S/C31H37N9O3S2/c1-7-19-16-24(26(43-5)17-25(19)40-14-10-20(18-40)38(2)3)36-31-35-23-11-15-44-29(23)30(37-31)34-22-9-8-21-27(33-13-12-32-21)28(22)39(4)45(6,41)42/h8-9,11-13,15-17,20H,7,10,14,18H2,1-6H3,(H2,34,35,36,37). The van der Waals surface area contributed by atoms with Crippen molar-refractivity contribution in [1.29, 1.82) is 0 Å². The van der Waals surface area contributed by atoms with Crippen molar-refractivity contribution < 1.29 is 13.2 Å². The first-order chi connectivity index (χ1) is 21.6. The van der Waals surface area contributed by atoms with Crippen molar-refractivity contribution in [2.45, 2.75) is 25.8 Å². The smallest absolute Gasteiger partial charge is 0.232 e. The molecule has 0 spiro atoms. The number of anilines is 6. The van der Waals surface area contributed by atoms with Gasteiger partial charge in [0.2, 0.25) is 16.0 Å². The summed E-state index contributed by atoms with van der Waals surface area (Å²) in [7, 11) is 3.83. The second-order valence-electron chi connectivity index (χ2n) is 11.3. The highest BCUT2D eigenvalue weighted by atomic mass is 32.2. The number of methoxy groups -OCH3 is 1. The molecule has 3 aromatic heterocycles. The number of aromatic nitrogens is 4. The first-order valence-electron chi connectivity index (χ1n) is 14.7. The van der Waals surface area contributed by atoms with Gasteiger partial charge < -0.3 is 25.2 Å². The summed E-state index contributed by atoms with van der Waals surface area (Å²) < 4.78 is 33.2. The third kappa shape index (κ3) is 6.04. The molecule has 6 rings (SSSR count). The van der Waals surface area contributed by atoms with E-state index in [1.165, 1.54) is 33.9 Å². The molecule has 0 bridgehead atoms. The lowest BCUT2D eigenvalue weighted by Gasteiger charge is -2.25. The molecule has 2 aromatic carbocycles. The minimum Gasteiger partial charge on any atom is -0.494 e. The third-order valence-electron chi connectivity index (χ3n) is 8.25. The minimum atomic E-state index is -3.61. The Morgan fingerprint density at radius 3 is 2.56 bits per heavy atom. The Labute approximate surface area is 267 Å². The van der Waals surface area contributed by atoms with Crippen LogP contribution in [-0.2, 0) is 16.4 Å². The van der Waals surface area contributed by atoms with Gasteiger partial charge in [0.15, 0.2) is 5.82 Å². The van der Waals surface area contributed by atoms with Crippen molar-refractivity contribution >= 4 is 77.1 Å². The second-order valence-corrected chi connectivity index (χ2v) is 14.2. The maximum Gasteiger partial charge on any atom is 0.232 e. The third-order valence-corrected chi connectivity index (χ3v) is 10.3. The van der Waals surface area contributed by atoms with E-state index < -0.39 is 10.0 Å². The number of benzene rings is 2. The highest BCUT2D eigenvalue weighted by Crippen LogP contribution is 2.40. The van der Waals surface area contributed by atoms with E-state index in [0.29, 0.717) is 46.0 Å². The van der Waals surface area contributed by atoms with E-state index in [1.54, 1.807) is 31.6 Å². The van der Waals surface area contributed by atoms with Crippen LogP contribution in [0.1, 0.15) is 18.9 Å². The van der Waals surface area contributed by atoms with Gasteiger partial charge in [0, 0.05) is 50.3 Å². The topological polar surface area (TPSA) is 129 Å². The molecule has 1 aliphatic rings. The number of thiophene rings is 1. The zero-order valence-corrected chi connectivity index (χ0v) is 27.8. The molecule has 45 heavy (non-hydrogen) atoms. The number of rotatable bonds is 10. The molecule has 0 aliphatic carbocycles. The first-order valence-corrected chi connectivity index (χ1v) is 17.4. The lowest BCUT2D eigenvalue weighted by Crippen LogP contribution is -2.31. The first kappa shape index (κ1) is 30.7. The van der Waals surface area contributed by atoms with Crippen LogP contribution in [0.5, 0.6) is 5.75 Å². The highest BCUT2D eigenvalue weighted by Gasteiger charge is 2.27. The molecule has 0 amide bonds. The van der Waals surface area contributed by atoms with Gasteiger partial charge in [-0.05, 0) is 62.1 Å². The van der Waals surface area contributed by atoms with E-state index in [2.05, 4.69) is 63.6 Å². The van der Waals surface area contributed by atoms with E-state index in [-0.39, 0.29) is 0 Å². The van der Waals surface area contributed by atoms with E-state index in [1.807, 2.05) is 11.4 Å². The van der Waals surface area contributed by atoms with Crippen LogP contribution in [0.15, 0.2) is 48.1 Å². The summed E-state index contributed by atoms with van der Waals surface area (Å²) >= 11 is 1.49. The van der Waals surface area contributed by atoms with Crippen molar-refractivity contribution in [2.24, 2.45) is 0 Å². The van der Waals surface area contributed by atoms with Gasteiger partial charge in [0.25, 0.3) is 0 Å². The molecular formula is C31H37N9O3S2. The van der Waals surface area contributed by atoms with Crippen LogP contribution in [0.25, 0.3) is 21.3 Å². The summed E-state index contributed by atoms with van der Waals surface area (Å²) in [6, 6.07) is 10.3. The van der Waals surface area contributed by atoms with Crippen LogP contribution in [0.3, 0.4) is 0 Å². The summed E-state index contributed by atoms with van der Waals surface area (Å²) in [6.45, 7) is 4.12. The van der Waals surface area contributed by atoms with Crippen molar-refractivity contribution in [3.63, 3.8) is 0 Å². The number of ether oxygens (including phenoxy) is 1. The maximum atomic E-state index is 12.7. The lowest BCUT2D eigenvalue weighted by molar-refractivity contribution is 0.315. The largest absolute Gasteiger partial charge is 0.494 e. The monoisotopic (exact) mass is 647 g/mol. The average Bonchev–Trinajstić information content (AvgIpc) is 3.71. The lowest BCUT2D eigenvalue weighted by atomic mass is 10.1. The van der Waals surface area contributed by atoms with Gasteiger partial charge in [-0.3, -0.25) is 14.3 Å². The van der Waals surface area contributed by atoms with Crippen LogP contribution in [0, 0.1) is 0 Å². The number of hydrogen-bond donors (Lipinski definition) is 2. The molecule has 0 saturated carbocycles. The molecule has 236 valence electrons. The predicted octanol–water partition coefficient (Wildman–Crippen LogP) is 5.23. The van der Waals surface area contributed by atoms with Gasteiger partial charge in [-0.2, -0.15) is 4.98 Å². The molecular weight excluding hydrogens is 611 g/mol. The fourth-order valence-corrected chi connectivity index (χ4v) is 6.99. The molecule has 5 aromatic rings. The Kier molecular flexibility index (Phi) is 8.37. The van der Waals surface area contributed by atoms with Crippen LogP contribution < -0.4 is 24.6 Å². The summed E-state index contributed by atoms with van der Waals surface area (Å²) in [6.07, 6.45) is 6.25. The quantitative estimate of drug-likeness (QED) is 0.207. The number of fused-ring (bicyclic) bond motifs is 2. The Morgan fingerprint density at radius 2 is 1.84 bits per heavy atom. The van der Waals surface area contributed by atoms with Gasteiger partial charge in [-0.25, -0.2) is 13.4 Å². The molecule has 1 unspecified atom stereocenters. The van der Waals surface area contributed by atoms with Gasteiger partial charge >= 0.3 is 0 Å². The van der Waals surface area contributed by atoms with Crippen LogP contribution in [-0.4, -0.2) is 86.9 Å². The molecule has 0 radical (unpaired) electrons. The molecule has 2 N–H and O–H groups in total. The van der Waals surface area contributed by atoms with Gasteiger partial charge in [0.05, 0.1) is 40.5 Å². The average molecular weight is 648 g/mol. The van der Waals surface area contributed by atoms with E-state index in [0.717, 1.165) is 48.1 Å². The number of aryl methyl sites for hydroxylation is 1. The highest BCUT2D eigenvalue weighted by molar-refractivity contribution is 7.92. The Bertz CT molecular complexity index is 1980. The molecule has 1 fully saturated rings. The Balaban J connectivity index is 1.39. The zero-order chi connectivity index (χ0) is 31.9. The van der Waals surface area contributed by atoms with Gasteiger partial charge in [-0.1, -0.05) is 6.92 Å². The number of hydrogen-bond acceptors (Lipinski definition) is 12. The van der Waals surface area contributed by atoms with Crippen molar-refractivity contribution in [3.05, 3.63) is 53.7 Å². The predicted molar refractivity (Wildman–Crippen MR) is 183 cm³/mol. The zero-order valence-electron chi connectivity index (χ0n) is 26.2. The fourth-order valence-electron chi connectivity index (χ4n) is 5.70. The fraction of sp³-hybridized carbons (Fsp3) is 0.355. The number of nitrogens with one attached hydrogen (secondary N) is 2. The molecule has 1 atom stereocenters. The van der Waals surface area contributed by atoms with Crippen LogP contribution >= 0.6 is 11.3 Å². The van der Waals surface area contributed by atoms with E-state index >= 15 is 0 Å². The summed E-state index contributed by atoms with van der Waals surface area (Å²) in [4.78, 5) is 23.2. The normalized spacial score (nSPS) is 15.3. The van der Waals surface area contributed by atoms with Gasteiger partial charge in [0.1, 0.15) is 17.0 Å². The molecule has 14 heteroatoms. The van der Waals surface area contributed by atoms with Crippen molar-refractivity contribution in [2.75, 3.05) is 67.4 Å². The summed E-state index contributed by atoms with van der Waals surface area (Å²) in [5, 5.41) is 8.74.